The first-order valence-electron chi connectivity index (χ1n) is 5.32. The molecule has 0 heterocycles. The quantitative estimate of drug-likeness (QED) is 0.673. The highest BCUT2D eigenvalue weighted by Crippen LogP contribution is 2.07. The van der Waals surface area contributed by atoms with Crippen LogP contribution in [0.2, 0.25) is 0 Å². The molecule has 1 unspecified atom stereocenters. The van der Waals surface area contributed by atoms with Crippen LogP contribution in [0, 0.1) is 0 Å². The average molecular weight is 225 g/mol. The SMILES string of the molecule is CC(O)(CN)COCCOc1ccccc1. The average Bonchev–Trinajstić information content (AvgIpc) is 2.30. The fourth-order valence-corrected chi connectivity index (χ4v) is 1.09. The number of para-hydroxylation sites is 1. The number of rotatable bonds is 7. The van der Waals surface area contributed by atoms with E-state index in [1.165, 1.54) is 0 Å². The number of nitrogens with two attached hydrogens (primary N) is 1. The molecule has 0 aliphatic heterocycles. The largest absolute Gasteiger partial charge is 0.491 e. The van der Waals surface area contributed by atoms with Gasteiger partial charge in [-0.2, -0.15) is 0 Å². The summed E-state index contributed by atoms with van der Waals surface area (Å²) in [6, 6.07) is 9.53. The van der Waals surface area contributed by atoms with Crippen molar-refractivity contribution < 1.29 is 14.6 Å². The molecule has 0 fully saturated rings. The summed E-state index contributed by atoms with van der Waals surface area (Å²) in [6.45, 7) is 2.95. The first-order chi connectivity index (χ1) is 7.64. The molecule has 1 aromatic carbocycles. The molecule has 1 rings (SSSR count). The van der Waals surface area contributed by atoms with Gasteiger partial charge in [-0.25, -0.2) is 0 Å². The molecule has 3 N–H and O–H groups in total. The van der Waals surface area contributed by atoms with E-state index in [1.54, 1.807) is 6.92 Å². The Bertz CT molecular complexity index is 288. The van der Waals surface area contributed by atoms with Crippen LogP contribution in [-0.4, -0.2) is 37.1 Å². The highest BCUT2D eigenvalue weighted by atomic mass is 16.5. The zero-order chi connectivity index (χ0) is 11.9. The molecule has 4 heteroatoms. The van der Waals surface area contributed by atoms with Crippen molar-refractivity contribution in [3.63, 3.8) is 0 Å². The molecule has 1 atom stereocenters. The molecule has 4 nitrogen and oxygen atoms in total. The van der Waals surface area contributed by atoms with E-state index in [-0.39, 0.29) is 13.2 Å². The van der Waals surface area contributed by atoms with Crippen molar-refractivity contribution in [1.29, 1.82) is 0 Å². The van der Waals surface area contributed by atoms with Crippen molar-refractivity contribution >= 4 is 0 Å². The number of hydrogen-bond acceptors (Lipinski definition) is 4. The molecule has 0 radical (unpaired) electrons. The van der Waals surface area contributed by atoms with Gasteiger partial charge in [-0.3, -0.25) is 0 Å². The van der Waals surface area contributed by atoms with E-state index < -0.39 is 5.60 Å². The van der Waals surface area contributed by atoms with Gasteiger partial charge in [0, 0.05) is 6.54 Å². The number of benzene rings is 1. The van der Waals surface area contributed by atoms with Crippen LogP contribution in [0.4, 0.5) is 0 Å². The summed E-state index contributed by atoms with van der Waals surface area (Å²) in [5.74, 6) is 0.816. The fourth-order valence-electron chi connectivity index (χ4n) is 1.09. The Morgan fingerprint density at radius 1 is 1.25 bits per heavy atom. The van der Waals surface area contributed by atoms with Crippen molar-refractivity contribution in [2.75, 3.05) is 26.4 Å². The van der Waals surface area contributed by atoms with Gasteiger partial charge in [0.05, 0.1) is 18.8 Å². The van der Waals surface area contributed by atoms with Gasteiger partial charge in [0.15, 0.2) is 0 Å². The number of ether oxygens (including phenoxy) is 2. The second-order valence-electron chi connectivity index (χ2n) is 3.92. The standard InChI is InChI=1S/C12H19NO3/c1-12(14,9-13)10-15-7-8-16-11-5-3-2-4-6-11/h2-6,14H,7-10,13H2,1H3. The van der Waals surface area contributed by atoms with Crippen molar-refractivity contribution in [3.05, 3.63) is 30.3 Å². The normalized spacial score (nSPS) is 14.4. The summed E-state index contributed by atoms with van der Waals surface area (Å²) < 4.78 is 10.7. The van der Waals surface area contributed by atoms with Gasteiger partial charge in [0.1, 0.15) is 12.4 Å². The van der Waals surface area contributed by atoms with Gasteiger partial charge in [0.2, 0.25) is 0 Å². The highest BCUT2D eigenvalue weighted by molar-refractivity contribution is 5.20. The smallest absolute Gasteiger partial charge is 0.119 e. The number of hydrogen-bond donors (Lipinski definition) is 2. The number of aliphatic hydroxyl groups is 1. The third kappa shape index (κ3) is 5.11. The van der Waals surface area contributed by atoms with Crippen LogP contribution in [-0.2, 0) is 4.74 Å². The minimum Gasteiger partial charge on any atom is -0.491 e. The maximum Gasteiger partial charge on any atom is 0.119 e. The van der Waals surface area contributed by atoms with E-state index in [0.29, 0.717) is 13.2 Å². The summed E-state index contributed by atoms with van der Waals surface area (Å²) in [5.41, 5.74) is 4.40. The predicted molar refractivity (Wildman–Crippen MR) is 62.4 cm³/mol. The Morgan fingerprint density at radius 2 is 1.94 bits per heavy atom. The lowest BCUT2D eigenvalue weighted by molar-refractivity contribution is -0.0330. The lowest BCUT2D eigenvalue weighted by atomic mass is 10.1. The van der Waals surface area contributed by atoms with Crippen LogP contribution in [0.15, 0.2) is 30.3 Å². The maximum atomic E-state index is 9.55. The third-order valence-electron chi connectivity index (χ3n) is 2.09. The van der Waals surface area contributed by atoms with Gasteiger partial charge >= 0.3 is 0 Å². The molecule has 0 bridgehead atoms. The molecule has 1 aromatic rings. The fraction of sp³-hybridized carbons (Fsp3) is 0.500. The second kappa shape index (κ2) is 6.48. The zero-order valence-corrected chi connectivity index (χ0v) is 9.56. The van der Waals surface area contributed by atoms with Gasteiger partial charge in [-0.15, -0.1) is 0 Å². The minimum atomic E-state index is -0.952. The van der Waals surface area contributed by atoms with Gasteiger partial charge < -0.3 is 20.3 Å². The van der Waals surface area contributed by atoms with Crippen molar-refractivity contribution in [2.45, 2.75) is 12.5 Å². The topological polar surface area (TPSA) is 64.7 Å². The van der Waals surface area contributed by atoms with Crippen molar-refractivity contribution in [1.82, 2.24) is 0 Å². The Morgan fingerprint density at radius 3 is 2.56 bits per heavy atom. The summed E-state index contributed by atoms with van der Waals surface area (Å²) in [7, 11) is 0. The van der Waals surface area contributed by atoms with Crippen molar-refractivity contribution in [3.8, 4) is 5.75 Å². The molecule has 0 aliphatic rings. The van der Waals surface area contributed by atoms with Crippen LogP contribution >= 0.6 is 0 Å². The molecule has 0 aromatic heterocycles. The Kier molecular flexibility index (Phi) is 5.25. The van der Waals surface area contributed by atoms with Crippen LogP contribution in [0.3, 0.4) is 0 Å². The first-order valence-corrected chi connectivity index (χ1v) is 5.32. The van der Waals surface area contributed by atoms with E-state index in [9.17, 15) is 5.11 Å². The lowest BCUT2D eigenvalue weighted by Crippen LogP contribution is -2.39. The Labute approximate surface area is 96.0 Å². The molecule has 90 valence electrons. The molecule has 0 amide bonds. The first kappa shape index (κ1) is 13.0. The van der Waals surface area contributed by atoms with Gasteiger partial charge in [-0.05, 0) is 19.1 Å². The summed E-state index contributed by atoms with van der Waals surface area (Å²) in [5, 5.41) is 9.55. The lowest BCUT2D eigenvalue weighted by Gasteiger charge is -2.20. The Balaban J connectivity index is 2.09. The molecule has 0 spiro atoms. The molecule has 16 heavy (non-hydrogen) atoms. The molecule has 0 aliphatic carbocycles. The molecule has 0 saturated heterocycles. The monoisotopic (exact) mass is 225 g/mol. The van der Waals surface area contributed by atoms with E-state index in [2.05, 4.69) is 0 Å². The highest BCUT2D eigenvalue weighted by Gasteiger charge is 2.17. The summed E-state index contributed by atoms with van der Waals surface area (Å²) >= 11 is 0. The van der Waals surface area contributed by atoms with Gasteiger partial charge in [0.25, 0.3) is 0 Å². The zero-order valence-electron chi connectivity index (χ0n) is 9.56. The van der Waals surface area contributed by atoms with E-state index in [0.717, 1.165) is 5.75 Å². The van der Waals surface area contributed by atoms with Crippen LogP contribution in [0.1, 0.15) is 6.92 Å². The third-order valence-corrected chi connectivity index (χ3v) is 2.09. The maximum absolute atomic E-state index is 9.55. The molecule has 0 saturated carbocycles. The predicted octanol–water partition coefficient (Wildman–Crippen LogP) is 0.792. The van der Waals surface area contributed by atoms with Crippen LogP contribution in [0.25, 0.3) is 0 Å². The molecular weight excluding hydrogens is 206 g/mol. The molecular formula is C12H19NO3. The summed E-state index contributed by atoms with van der Waals surface area (Å²) in [4.78, 5) is 0. The van der Waals surface area contributed by atoms with E-state index in [1.807, 2.05) is 30.3 Å². The minimum absolute atomic E-state index is 0.187. The Hall–Kier alpha value is -1.10. The van der Waals surface area contributed by atoms with Gasteiger partial charge in [-0.1, -0.05) is 18.2 Å². The van der Waals surface area contributed by atoms with Crippen LogP contribution < -0.4 is 10.5 Å². The second-order valence-corrected chi connectivity index (χ2v) is 3.92. The van der Waals surface area contributed by atoms with E-state index >= 15 is 0 Å². The summed E-state index contributed by atoms with van der Waals surface area (Å²) in [6.07, 6.45) is 0. The van der Waals surface area contributed by atoms with Crippen molar-refractivity contribution in [2.24, 2.45) is 5.73 Å². The van der Waals surface area contributed by atoms with E-state index in [4.69, 9.17) is 15.2 Å². The van der Waals surface area contributed by atoms with Crippen LogP contribution in [0.5, 0.6) is 5.75 Å².